The fraction of sp³-hybridized carbons (Fsp3) is 0.278. The van der Waals surface area contributed by atoms with Gasteiger partial charge in [-0.2, -0.15) is 0 Å². The molecular weight excluding hydrogens is 312 g/mol. The zero-order valence-corrected chi connectivity index (χ0v) is 13.4. The monoisotopic (exact) mass is 330 g/mol. The van der Waals surface area contributed by atoms with Gasteiger partial charge in [0.25, 0.3) is 0 Å². The highest BCUT2D eigenvalue weighted by Gasteiger charge is 2.33. The van der Waals surface area contributed by atoms with Crippen LogP contribution in [0.15, 0.2) is 54.6 Å². The topological polar surface area (TPSA) is 50.4 Å². The molecule has 0 heterocycles. The molecule has 0 spiro atoms. The summed E-state index contributed by atoms with van der Waals surface area (Å²) in [4.78, 5) is 17.3. The van der Waals surface area contributed by atoms with Gasteiger partial charge in [-0.05, 0) is 42.0 Å². The average Bonchev–Trinajstić information content (AvgIpc) is 3.39. The lowest BCUT2D eigenvalue weighted by Crippen LogP contribution is -2.38. The van der Waals surface area contributed by atoms with Gasteiger partial charge in [-0.1, -0.05) is 54.1 Å². The number of carbonyl (C=O) groups is 1. The van der Waals surface area contributed by atoms with Gasteiger partial charge in [0, 0.05) is 5.02 Å². The van der Waals surface area contributed by atoms with Crippen LogP contribution in [0.4, 0.5) is 4.79 Å². The van der Waals surface area contributed by atoms with Crippen molar-refractivity contribution in [3.63, 3.8) is 0 Å². The summed E-state index contributed by atoms with van der Waals surface area (Å²) in [5.74, 6) is 0.482. The van der Waals surface area contributed by atoms with Crippen molar-refractivity contribution in [2.24, 2.45) is 5.92 Å². The fourth-order valence-electron chi connectivity index (χ4n) is 2.50. The molecule has 1 aliphatic carbocycles. The number of amides is 2. The van der Waals surface area contributed by atoms with E-state index >= 15 is 0 Å². The number of hydroxylamine groups is 1. The third-order valence-electron chi connectivity index (χ3n) is 3.86. The first-order chi connectivity index (χ1) is 11.2. The van der Waals surface area contributed by atoms with Crippen LogP contribution in [0.1, 0.15) is 30.0 Å². The van der Waals surface area contributed by atoms with E-state index in [1.807, 2.05) is 54.6 Å². The van der Waals surface area contributed by atoms with Crippen molar-refractivity contribution in [1.82, 2.24) is 10.8 Å². The van der Waals surface area contributed by atoms with E-state index < -0.39 is 0 Å². The number of benzene rings is 2. The Hall–Kier alpha value is -2.04. The Morgan fingerprint density at radius 2 is 1.83 bits per heavy atom. The molecule has 3 rings (SSSR count). The largest absolute Gasteiger partial charge is 0.339 e. The number of hydrogen-bond acceptors (Lipinski definition) is 2. The SMILES string of the molecule is O=C(NOCc1ccccc1)NC(c1ccc(Cl)cc1)C1CC1. The molecule has 2 aromatic rings. The Morgan fingerprint density at radius 1 is 1.13 bits per heavy atom. The van der Waals surface area contributed by atoms with Crippen LogP contribution in [0.3, 0.4) is 0 Å². The van der Waals surface area contributed by atoms with E-state index in [0.29, 0.717) is 17.5 Å². The maximum Gasteiger partial charge on any atom is 0.339 e. The standard InChI is InChI=1S/C18H19ClN2O2/c19-16-10-8-15(9-11-16)17(14-6-7-14)20-18(22)21-23-12-13-4-2-1-3-5-13/h1-5,8-11,14,17H,6-7,12H2,(H2,20,21,22). The minimum absolute atomic E-state index is 0.00686. The van der Waals surface area contributed by atoms with Gasteiger partial charge in [0.15, 0.2) is 0 Å². The molecule has 1 atom stereocenters. The van der Waals surface area contributed by atoms with E-state index in [0.717, 1.165) is 24.0 Å². The Bertz CT molecular complexity index is 642. The molecule has 0 aromatic heterocycles. The molecule has 23 heavy (non-hydrogen) atoms. The molecule has 1 saturated carbocycles. The minimum Gasteiger partial charge on any atom is -0.329 e. The van der Waals surface area contributed by atoms with Crippen molar-refractivity contribution >= 4 is 17.6 Å². The van der Waals surface area contributed by atoms with Crippen LogP contribution < -0.4 is 10.8 Å². The summed E-state index contributed by atoms with van der Waals surface area (Å²) in [5, 5.41) is 3.68. The van der Waals surface area contributed by atoms with Crippen LogP contribution in [-0.4, -0.2) is 6.03 Å². The maximum absolute atomic E-state index is 12.0. The highest BCUT2D eigenvalue weighted by atomic mass is 35.5. The van der Waals surface area contributed by atoms with Crippen molar-refractivity contribution < 1.29 is 9.63 Å². The van der Waals surface area contributed by atoms with E-state index in [-0.39, 0.29) is 12.1 Å². The Labute approximate surface area is 140 Å². The van der Waals surface area contributed by atoms with Crippen molar-refractivity contribution in [2.75, 3.05) is 0 Å². The van der Waals surface area contributed by atoms with Crippen LogP contribution in [0.2, 0.25) is 5.02 Å². The van der Waals surface area contributed by atoms with Gasteiger partial charge in [-0.3, -0.25) is 4.84 Å². The summed E-state index contributed by atoms with van der Waals surface area (Å²) in [6.45, 7) is 0.337. The van der Waals surface area contributed by atoms with Gasteiger partial charge in [0.05, 0.1) is 12.6 Å². The number of carbonyl (C=O) groups excluding carboxylic acids is 1. The number of rotatable bonds is 6. The Morgan fingerprint density at radius 3 is 2.48 bits per heavy atom. The lowest BCUT2D eigenvalue weighted by Gasteiger charge is -2.19. The van der Waals surface area contributed by atoms with Crippen molar-refractivity contribution in [3.05, 3.63) is 70.7 Å². The number of nitrogens with one attached hydrogen (secondary N) is 2. The summed E-state index contributed by atoms with van der Waals surface area (Å²) in [5.41, 5.74) is 4.52. The molecule has 4 nitrogen and oxygen atoms in total. The summed E-state index contributed by atoms with van der Waals surface area (Å²) >= 11 is 5.92. The zero-order chi connectivity index (χ0) is 16.1. The van der Waals surface area contributed by atoms with Crippen molar-refractivity contribution in [3.8, 4) is 0 Å². The first-order valence-electron chi connectivity index (χ1n) is 7.70. The second-order valence-electron chi connectivity index (χ2n) is 5.72. The molecule has 2 amide bonds. The Kier molecular flexibility index (Phi) is 5.16. The first kappa shape index (κ1) is 15.8. The first-order valence-corrected chi connectivity index (χ1v) is 8.08. The van der Waals surface area contributed by atoms with E-state index in [9.17, 15) is 4.79 Å². The molecule has 0 radical (unpaired) electrons. The number of halogens is 1. The molecule has 2 N–H and O–H groups in total. The second kappa shape index (κ2) is 7.49. The lowest BCUT2D eigenvalue weighted by molar-refractivity contribution is 0.0478. The van der Waals surface area contributed by atoms with E-state index in [4.69, 9.17) is 16.4 Å². The van der Waals surface area contributed by atoms with Crippen LogP contribution in [0.25, 0.3) is 0 Å². The second-order valence-corrected chi connectivity index (χ2v) is 6.15. The van der Waals surface area contributed by atoms with Gasteiger partial charge in [0.2, 0.25) is 0 Å². The van der Waals surface area contributed by atoms with Gasteiger partial charge in [-0.15, -0.1) is 0 Å². The van der Waals surface area contributed by atoms with Gasteiger partial charge in [-0.25, -0.2) is 10.3 Å². The van der Waals surface area contributed by atoms with Crippen LogP contribution in [-0.2, 0) is 11.4 Å². The molecule has 0 saturated heterocycles. The third-order valence-corrected chi connectivity index (χ3v) is 4.11. The van der Waals surface area contributed by atoms with Crippen LogP contribution >= 0.6 is 11.6 Å². The molecule has 0 aliphatic heterocycles. The zero-order valence-electron chi connectivity index (χ0n) is 12.7. The predicted molar refractivity (Wildman–Crippen MR) is 89.8 cm³/mol. The molecular formula is C18H19ClN2O2. The van der Waals surface area contributed by atoms with Gasteiger partial charge in [0.1, 0.15) is 0 Å². The molecule has 2 aromatic carbocycles. The number of urea groups is 1. The summed E-state index contributed by atoms with van der Waals surface area (Å²) in [6, 6.07) is 17.0. The highest BCUT2D eigenvalue weighted by Crippen LogP contribution is 2.41. The van der Waals surface area contributed by atoms with E-state index in [1.54, 1.807) is 0 Å². The third kappa shape index (κ3) is 4.71. The van der Waals surface area contributed by atoms with Crippen LogP contribution in [0.5, 0.6) is 0 Å². The maximum atomic E-state index is 12.0. The minimum atomic E-state index is -0.326. The smallest absolute Gasteiger partial charge is 0.329 e. The summed E-state index contributed by atoms with van der Waals surface area (Å²) in [6.07, 6.45) is 2.25. The Balaban J connectivity index is 1.51. The average molecular weight is 331 g/mol. The number of hydrogen-bond donors (Lipinski definition) is 2. The summed E-state index contributed by atoms with van der Waals surface area (Å²) < 4.78 is 0. The molecule has 1 fully saturated rings. The summed E-state index contributed by atoms with van der Waals surface area (Å²) in [7, 11) is 0. The van der Waals surface area contributed by atoms with Crippen molar-refractivity contribution in [1.29, 1.82) is 0 Å². The van der Waals surface area contributed by atoms with Crippen LogP contribution in [0, 0.1) is 5.92 Å². The molecule has 1 aliphatic rings. The predicted octanol–water partition coefficient (Wildman–Crippen LogP) is 4.22. The molecule has 5 heteroatoms. The molecule has 1 unspecified atom stereocenters. The van der Waals surface area contributed by atoms with Gasteiger partial charge < -0.3 is 5.32 Å². The fourth-order valence-corrected chi connectivity index (χ4v) is 2.63. The van der Waals surface area contributed by atoms with Gasteiger partial charge >= 0.3 is 6.03 Å². The molecule has 0 bridgehead atoms. The molecule has 120 valence electrons. The normalized spacial score (nSPS) is 15.0. The van der Waals surface area contributed by atoms with E-state index in [2.05, 4.69) is 10.8 Å². The quantitative estimate of drug-likeness (QED) is 0.779. The lowest BCUT2D eigenvalue weighted by atomic mass is 10.0. The van der Waals surface area contributed by atoms with Crippen molar-refractivity contribution in [2.45, 2.75) is 25.5 Å². The highest BCUT2D eigenvalue weighted by molar-refractivity contribution is 6.30. The van der Waals surface area contributed by atoms with E-state index in [1.165, 1.54) is 0 Å².